The van der Waals surface area contributed by atoms with E-state index in [1.54, 1.807) is 0 Å². The van der Waals surface area contributed by atoms with Gasteiger partial charge < -0.3 is 0 Å². The number of hydrogen-bond donors (Lipinski definition) is 0. The molecule has 0 aromatic carbocycles. The summed E-state index contributed by atoms with van der Waals surface area (Å²) < 4.78 is 0. The fourth-order valence-corrected chi connectivity index (χ4v) is 1.03. The Labute approximate surface area is 59.7 Å². The lowest BCUT2D eigenvalue weighted by Crippen LogP contribution is -2.13. The van der Waals surface area contributed by atoms with Crippen LogP contribution in [0.1, 0.15) is 47.0 Å². The standard InChI is InChI=1S/C9H19/c1-5-8-9(4,6-2)7-3/h8H,5-7H2,1-4H3. The van der Waals surface area contributed by atoms with Crippen molar-refractivity contribution in [2.45, 2.75) is 47.0 Å². The molecule has 0 aliphatic rings. The Morgan fingerprint density at radius 2 is 1.56 bits per heavy atom. The van der Waals surface area contributed by atoms with Gasteiger partial charge in [-0.15, -0.1) is 0 Å². The van der Waals surface area contributed by atoms with Crippen LogP contribution in [0, 0.1) is 11.8 Å². The molecule has 0 heteroatoms. The lowest BCUT2D eigenvalue weighted by molar-refractivity contribution is 0.351. The van der Waals surface area contributed by atoms with E-state index in [-0.39, 0.29) is 0 Å². The van der Waals surface area contributed by atoms with E-state index in [1.165, 1.54) is 19.3 Å². The van der Waals surface area contributed by atoms with Gasteiger partial charge in [-0.05, 0) is 11.8 Å². The smallest absolute Gasteiger partial charge is 0.0300 e. The van der Waals surface area contributed by atoms with Gasteiger partial charge in [0.05, 0.1) is 0 Å². The molecular weight excluding hydrogens is 108 g/mol. The molecule has 0 aromatic heterocycles. The predicted molar refractivity (Wildman–Crippen MR) is 43.3 cm³/mol. The van der Waals surface area contributed by atoms with E-state index in [1.807, 2.05) is 0 Å². The summed E-state index contributed by atoms with van der Waals surface area (Å²) in [6.45, 7) is 9.06. The molecule has 0 fully saturated rings. The van der Waals surface area contributed by atoms with Crippen molar-refractivity contribution in [3.05, 3.63) is 6.42 Å². The summed E-state index contributed by atoms with van der Waals surface area (Å²) in [7, 11) is 0. The summed E-state index contributed by atoms with van der Waals surface area (Å²) in [5.74, 6) is 0. The maximum absolute atomic E-state index is 2.42. The highest BCUT2D eigenvalue weighted by molar-refractivity contribution is 4.84. The molecule has 0 amide bonds. The normalized spacial score (nSPS) is 12.0. The highest BCUT2D eigenvalue weighted by Gasteiger charge is 2.17. The Balaban J connectivity index is 3.62. The van der Waals surface area contributed by atoms with Crippen LogP contribution in [-0.2, 0) is 0 Å². The number of rotatable bonds is 4. The summed E-state index contributed by atoms with van der Waals surface area (Å²) in [4.78, 5) is 0. The maximum Gasteiger partial charge on any atom is -0.0300 e. The summed E-state index contributed by atoms with van der Waals surface area (Å²) in [5, 5.41) is 0. The van der Waals surface area contributed by atoms with E-state index in [9.17, 15) is 0 Å². The molecule has 0 aliphatic heterocycles. The van der Waals surface area contributed by atoms with Gasteiger partial charge in [0.15, 0.2) is 0 Å². The first-order valence-corrected chi connectivity index (χ1v) is 4.03. The SMILES string of the molecule is CC[CH]C(C)(CC)CC. The Morgan fingerprint density at radius 1 is 1.11 bits per heavy atom. The second-order valence-electron chi connectivity index (χ2n) is 2.97. The quantitative estimate of drug-likeness (QED) is 0.542. The third-order valence-corrected chi connectivity index (χ3v) is 2.31. The Bertz CT molecular complexity index is 60.4. The van der Waals surface area contributed by atoms with E-state index < -0.39 is 0 Å². The minimum absolute atomic E-state index is 0.509. The molecule has 0 N–H and O–H groups in total. The lowest BCUT2D eigenvalue weighted by atomic mass is 9.81. The van der Waals surface area contributed by atoms with Crippen LogP contribution in [-0.4, -0.2) is 0 Å². The Morgan fingerprint density at radius 3 is 1.67 bits per heavy atom. The molecule has 0 spiro atoms. The number of hydrogen-bond acceptors (Lipinski definition) is 0. The van der Waals surface area contributed by atoms with Crippen molar-refractivity contribution in [2.24, 2.45) is 5.41 Å². The van der Waals surface area contributed by atoms with Gasteiger partial charge in [-0.1, -0.05) is 47.0 Å². The van der Waals surface area contributed by atoms with Crippen LogP contribution in [0.3, 0.4) is 0 Å². The lowest BCUT2D eigenvalue weighted by Gasteiger charge is -2.25. The third-order valence-electron chi connectivity index (χ3n) is 2.31. The van der Waals surface area contributed by atoms with Crippen LogP contribution in [0.25, 0.3) is 0 Å². The zero-order valence-electron chi connectivity index (χ0n) is 7.20. The van der Waals surface area contributed by atoms with Crippen LogP contribution >= 0.6 is 0 Å². The van der Waals surface area contributed by atoms with Crippen molar-refractivity contribution in [1.82, 2.24) is 0 Å². The molecule has 55 valence electrons. The molecule has 0 unspecified atom stereocenters. The monoisotopic (exact) mass is 127 g/mol. The van der Waals surface area contributed by atoms with Crippen LogP contribution in [0.15, 0.2) is 0 Å². The maximum atomic E-state index is 2.42. The van der Waals surface area contributed by atoms with E-state index in [4.69, 9.17) is 0 Å². The van der Waals surface area contributed by atoms with E-state index in [2.05, 4.69) is 34.1 Å². The third kappa shape index (κ3) is 2.88. The average Bonchev–Trinajstić information content (AvgIpc) is 1.89. The molecule has 0 nitrogen and oxygen atoms in total. The zero-order valence-corrected chi connectivity index (χ0v) is 7.20. The average molecular weight is 127 g/mol. The van der Waals surface area contributed by atoms with Crippen molar-refractivity contribution >= 4 is 0 Å². The summed E-state index contributed by atoms with van der Waals surface area (Å²) in [6.07, 6.45) is 6.18. The zero-order chi connectivity index (χ0) is 7.33. The van der Waals surface area contributed by atoms with E-state index >= 15 is 0 Å². The Kier molecular flexibility index (Phi) is 3.92. The molecule has 0 rings (SSSR count). The summed E-state index contributed by atoms with van der Waals surface area (Å²) in [6, 6.07) is 0. The largest absolute Gasteiger partial charge is 0.0651 e. The molecular formula is C9H19. The fourth-order valence-electron chi connectivity index (χ4n) is 1.03. The summed E-state index contributed by atoms with van der Waals surface area (Å²) >= 11 is 0. The fraction of sp³-hybridized carbons (Fsp3) is 0.889. The van der Waals surface area contributed by atoms with Crippen LogP contribution in [0.4, 0.5) is 0 Å². The highest BCUT2D eigenvalue weighted by Crippen LogP contribution is 2.29. The second kappa shape index (κ2) is 3.92. The van der Waals surface area contributed by atoms with Gasteiger partial charge in [0.2, 0.25) is 0 Å². The first-order valence-electron chi connectivity index (χ1n) is 4.03. The molecule has 0 aromatic rings. The topological polar surface area (TPSA) is 0 Å². The molecule has 9 heavy (non-hydrogen) atoms. The molecule has 0 heterocycles. The van der Waals surface area contributed by atoms with Gasteiger partial charge in [0.1, 0.15) is 0 Å². The van der Waals surface area contributed by atoms with Crippen molar-refractivity contribution < 1.29 is 0 Å². The van der Waals surface area contributed by atoms with Gasteiger partial charge in [-0.25, -0.2) is 0 Å². The van der Waals surface area contributed by atoms with Gasteiger partial charge in [-0.2, -0.15) is 0 Å². The molecule has 0 atom stereocenters. The Hall–Kier alpha value is 0. The predicted octanol–water partition coefficient (Wildman–Crippen LogP) is 3.43. The van der Waals surface area contributed by atoms with Gasteiger partial charge in [0, 0.05) is 0 Å². The van der Waals surface area contributed by atoms with Gasteiger partial charge >= 0.3 is 0 Å². The second-order valence-corrected chi connectivity index (χ2v) is 2.97. The van der Waals surface area contributed by atoms with Crippen molar-refractivity contribution in [1.29, 1.82) is 0 Å². The first kappa shape index (κ1) is 9.00. The van der Waals surface area contributed by atoms with Crippen molar-refractivity contribution in [3.63, 3.8) is 0 Å². The molecule has 0 aliphatic carbocycles. The molecule has 1 radical (unpaired) electrons. The van der Waals surface area contributed by atoms with Crippen LogP contribution < -0.4 is 0 Å². The molecule has 0 saturated carbocycles. The van der Waals surface area contributed by atoms with Gasteiger partial charge in [0.25, 0.3) is 0 Å². The van der Waals surface area contributed by atoms with Gasteiger partial charge in [-0.3, -0.25) is 0 Å². The molecule has 0 saturated heterocycles. The van der Waals surface area contributed by atoms with Crippen LogP contribution in [0.5, 0.6) is 0 Å². The van der Waals surface area contributed by atoms with Crippen LogP contribution in [0.2, 0.25) is 0 Å². The minimum Gasteiger partial charge on any atom is -0.0651 e. The van der Waals surface area contributed by atoms with Crippen molar-refractivity contribution in [3.8, 4) is 0 Å². The first-order chi connectivity index (χ1) is 4.18. The minimum atomic E-state index is 0.509. The van der Waals surface area contributed by atoms with E-state index in [0.717, 1.165) is 0 Å². The molecule has 0 bridgehead atoms. The highest BCUT2D eigenvalue weighted by atomic mass is 14.2. The summed E-state index contributed by atoms with van der Waals surface area (Å²) in [5.41, 5.74) is 0.509. The van der Waals surface area contributed by atoms with Crippen molar-refractivity contribution in [2.75, 3.05) is 0 Å². The van der Waals surface area contributed by atoms with E-state index in [0.29, 0.717) is 5.41 Å².